The van der Waals surface area contributed by atoms with Crippen LogP contribution in [0.1, 0.15) is 22.3 Å². The molecule has 11 nitrogen and oxygen atoms in total. The lowest BCUT2D eigenvalue weighted by Gasteiger charge is -2.14. The number of carbonyl (C=O) groups excluding carboxylic acids is 2. The smallest absolute Gasteiger partial charge is 0.332 e. The van der Waals surface area contributed by atoms with Crippen LogP contribution in [0.25, 0.3) is 0 Å². The van der Waals surface area contributed by atoms with Crippen LogP contribution in [0.3, 0.4) is 0 Å². The molecule has 3 N–H and O–H groups in total. The molecule has 166 valence electrons. The van der Waals surface area contributed by atoms with E-state index in [1.54, 1.807) is 42.7 Å². The maximum atomic E-state index is 12.6. The number of nitrogens with two attached hydrogens (primary N) is 1. The zero-order valence-electron chi connectivity index (χ0n) is 17.4. The van der Waals surface area contributed by atoms with E-state index in [-0.39, 0.29) is 25.3 Å². The van der Waals surface area contributed by atoms with Crippen molar-refractivity contribution < 1.29 is 14.3 Å². The topological polar surface area (TPSA) is 151 Å². The molecule has 0 saturated heterocycles. The van der Waals surface area contributed by atoms with Crippen molar-refractivity contribution in [2.45, 2.75) is 13.0 Å². The largest absolute Gasteiger partial charge is 0.457 e. The van der Waals surface area contributed by atoms with Crippen molar-refractivity contribution in [2.75, 3.05) is 24.2 Å². The number of anilines is 2. The molecule has 3 aromatic rings. The van der Waals surface area contributed by atoms with Crippen molar-refractivity contribution in [2.24, 2.45) is 7.05 Å². The molecule has 0 fully saturated rings. The van der Waals surface area contributed by atoms with Gasteiger partial charge in [0, 0.05) is 26.0 Å². The Bertz CT molecular complexity index is 1220. The van der Waals surface area contributed by atoms with Crippen LogP contribution in [0, 0.1) is 0 Å². The lowest BCUT2D eigenvalue weighted by Crippen LogP contribution is -2.43. The predicted molar refractivity (Wildman–Crippen MR) is 116 cm³/mol. The van der Waals surface area contributed by atoms with Crippen LogP contribution in [0.15, 0.2) is 58.4 Å². The molecule has 0 aliphatic carbocycles. The maximum Gasteiger partial charge on any atom is 0.332 e. The predicted octanol–water partition coefficient (Wildman–Crippen LogP) is 0.196. The Hall–Kier alpha value is -4.28. The zero-order chi connectivity index (χ0) is 23.1. The van der Waals surface area contributed by atoms with Crippen molar-refractivity contribution in [3.63, 3.8) is 0 Å². The lowest BCUT2D eigenvalue weighted by molar-refractivity contribution is -0.142. The summed E-state index contributed by atoms with van der Waals surface area (Å²) in [6.45, 7) is -0.403. The molecule has 0 amide bonds. The van der Waals surface area contributed by atoms with E-state index in [2.05, 4.69) is 15.3 Å². The van der Waals surface area contributed by atoms with Gasteiger partial charge in [0.05, 0.1) is 13.0 Å². The number of rotatable bonds is 9. The summed E-state index contributed by atoms with van der Waals surface area (Å²) in [5.74, 6) is -1.37. The van der Waals surface area contributed by atoms with E-state index in [1.807, 2.05) is 6.07 Å². The highest BCUT2D eigenvalue weighted by atomic mass is 16.5. The van der Waals surface area contributed by atoms with E-state index in [4.69, 9.17) is 10.5 Å². The second-order valence-corrected chi connectivity index (χ2v) is 6.81. The normalized spacial score (nSPS) is 10.5. The first kappa shape index (κ1) is 22.4. The van der Waals surface area contributed by atoms with Crippen LogP contribution in [-0.2, 0) is 23.1 Å². The Morgan fingerprint density at radius 1 is 1.09 bits per heavy atom. The van der Waals surface area contributed by atoms with Crippen LogP contribution in [-0.4, -0.2) is 44.0 Å². The SMILES string of the molecule is Cn1c(=O)c(C(=O)COC(=O)CCNc2ncccn2)c(N)n(Cc2ccccc2)c1=O. The van der Waals surface area contributed by atoms with Gasteiger partial charge in [0.2, 0.25) is 11.7 Å². The van der Waals surface area contributed by atoms with Gasteiger partial charge >= 0.3 is 11.7 Å². The zero-order valence-corrected chi connectivity index (χ0v) is 17.4. The Morgan fingerprint density at radius 2 is 1.78 bits per heavy atom. The average molecular weight is 438 g/mol. The number of carbonyl (C=O) groups is 2. The first-order chi connectivity index (χ1) is 15.4. The van der Waals surface area contributed by atoms with Crippen molar-refractivity contribution in [3.05, 3.63) is 80.8 Å². The van der Waals surface area contributed by atoms with E-state index in [1.165, 1.54) is 7.05 Å². The van der Waals surface area contributed by atoms with Crippen LogP contribution in [0.4, 0.5) is 11.8 Å². The summed E-state index contributed by atoms with van der Waals surface area (Å²) in [6.07, 6.45) is 3.05. The third kappa shape index (κ3) is 5.25. The Kier molecular flexibility index (Phi) is 7.11. The number of nitrogens with one attached hydrogen (secondary N) is 1. The summed E-state index contributed by atoms with van der Waals surface area (Å²) in [4.78, 5) is 57.5. The van der Waals surface area contributed by atoms with Gasteiger partial charge in [-0.2, -0.15) is 0 Å². The molecule has 0 bridgehead atoms. The number of hydrogen-bond acceptors (Lipinski definition) is 9. The first-order valence-electron chi connectivity index (χ1n) is 9.71. The van der Waals surface area contributed by atoms with Crippen LogP contribution >= 0.6 is 0 Å². The second-order valence-electron chi connectivity index (χ2n) is 6.81. The van der Waals surface area contributed by atoms with E-state index in [9.17, 15) is 19.2 Å². The lowest BCUT2D eigenvalue weighted by atomic mass is 10.2. The van der Waals surface area contributed by atoms with E-state index in [0.717, 1.165) is 14.7 Å². The summed E-state index contributed by atoms with van der Waals surface area (Å²) in [6, 6.07) is 10.6. The minimum absolute atomic E-state index is 0.0491. The molecule has 11 heteroatoms. The minimum Gasteiger partial charge on any atom is -0.457 e. The molecular weight excluding hydrogens is 416 g/mol. The van der Waals surface area contributed by atoms with Crippen molar-refractivity contribution in [1.82, 2.24) is 19.1 Å². The Labute approximate surface area is 182 Å². The third-order valence-electron chi connectivity index (χ3n) is 4.59. The number of Topliss-reactive ketones (excluding diaryl/α,β-unsaturated/α-hetero) is 1. The van der Waals surface area contributed by atoms with Gasteiger partial charge in [0.1, 0.15) is 11.4 Å². The second kappa shape index (κ2) is 10.2. The van der Waals surface area contributed by atoms with Gasteiger partial charge in [-0.05, 0) is 11.6 Å². The van der Waals surface area contributed by atoms with Gasteiger partial charge in [0.25, 0.3) is 5.56 Å². The van der Waals surface area contributed by atoms with E-state index >= 15 is 0 Å². The van der Waals surface area contributed by atoms with Crippen molar-refractivity contribution >= 4 is 23.5 Å². The van der Waals surface area contributed by atoms with Crippen molar-refractivity contribution in [1.29, 1.82) is 0 Å². The quantitative estimate of drug-likeness (QED) is 0.352. The van der Waals surface area contributed by atoms with Gasteiger partial charge in [-0.25, -0.2) is 14.8 Å². The first-order valence-corrected chi connectivity index (χ1v) is 9.71. The number of esters is 1. The standard InChI is InChI=1S/C21H22N6O5/c1-26-19(30)17(18(22)27(21(26)31)12-14-6-3-2-4-7-14)15(28)13-32-16(29)8-11-25-20-23-9-5-10-24-20/h2-7,9-10H,8,11-13,22H2,1H3,(H,23,24,25). The van der Waals surface area contributed by atoms with Crippen molar-refractivity contribution in [3.8, 4) is 0 Å². The molecular formula is C21H22N6O5. The Balaban J connectivity index is 1.68. The highest BCUT2D eigenvalue weighted by Gasteiger charge is 2.22. The number of aromatic nitrogens is 4. The Morgan fingerprint density at radius 3 is 2.47 bits per heavy atom. The summed E-state index contributed by atoms with van der Waals surface area (Å²) in [5.41, 5.74) is 4.88. The maximum absolute atomic E-state index is 12.6. The molecule has 0 spiro atoms. The monoisotopic (exact) mass is 438 g/mol. The van der Waals surface area contributed by atoms with Gasteiger partial charge in [-0.3, -0.25) is 23.5 Å². The third-order valence-corrected chi connectivity index (χ3v) is 4.59. The molecule has 0 aliphatic rings. The number of nitrogens with zero attached hydrogens (tertiary/aromatic N) is 4. The van der Waals surface area contributed by atoms with Gasteiger partial charge in [-0.15, -0.1) is 0 Å². The number of benzene rings is 1. The number of hydrogen-bond donors (Lipinski definition) is 2. The van der Waals surface area contributed by atoms with E-state index < -0.39 is 35.2 Å². The van der Waals surface area contributed by atoms with Gasteiger partial charge < -0.3 is 15.8 Å². The molecule has 2 aromatic heterocycles. The summed E-state index contributed by atoms with van der Waals surface area (Å²) in [7, 11) is 1.26. The highest BCUT2D eigenvalue weighted by Crippen LogP contribution is 2.10. The molecule has 0 aliphatic heterocycles. The highest BCUT2D eigenvalue weighted by molar-refractivity contribution is 6.01. The summed E-state index contributed by atoms with van der Waals surface area (Å²) < 4.78 is 6.91. The fourth-order valence-corrected chi connectivity index (χ4v) is 2.92. The number of ketones is 1. The van der Waals surface area contributed by atoms with E-state index in [0.29, 0.717) is 5.95 Å². The molecule has 0 atom stereocenters. The molecule has 32 heavy (non-hydrogen) atoms. The fraction of sp³-hybridized carbons (Fsp3) is 0.238. The fourth-order valence-electron chi connectivity index (χ4n) is 2.92. The minimum atomic E-state index is -0.847. The van der Waals surface area contributed by atoms with Crippen LogP contribution in [0.5, 0.6) is 0 Å². The molecule has 1 aromatic carbocycles. The van der Waals surface area contributed by atoms with Gasteiger partial charge in [0.15, 0.2) is 6.61 Å². The summed E-state index contributed by atoms with van der Waals surface area (Å²) >= 11 is 0. The molecule has 0 radical (unpaired) electrons. The molecule has 2 heterocycles. The molecule has 0 unspecified atom stereocenters. The van der Waals surface area contributed by atoms with Crippen LogP contribution in [0.2, 0.25) is 0 Å². The summed E-state index contributed by atoms with van der Waals surface area (Å²) in [5, 5.41) is 2.84. The van der Waals surface area contributed by atoms with Gasteiger partial charge in [-0.1, -0.05) is 30.3 Å². The van der Waals surface area contributed by atoms with Crippen LogP contribution < -0.4 is 22.3 Å². The number of ether oxygens (including phenoxy) is 1. The molecule has 0 saturated carbocycles. The number of nitrogen functional groups attached to an aromatic ring is 1. The molecule has 3 rings (SSSR count). The average Bonchev–Trinajstić information content (AvgIpc) is 2.80.